The molecule has 10 nitrogen and oxygen atoms in total. The molecule has 0 fully saturated rings. The molecule has 126 heavy (non-hydrogen) atoms. The lowest BCUT2D eigenvalue weighted by atomic mass is 9.84. The third kappa shape index (κ3) is 19.8. The molecule has 0 aromatic heterocycles. The fourth-order valence-electron chi connectivity index (χ4n) is 16.3. The molecule has 0 aliphatic rings. The van der Waals surface area contributed by atoms with Gasteiger partial charge >= 0.3 is 0 Å². The molecular weight excluding hydrogens is 1550 g/mol. The zero-order chi connectivity index (χ0) is 88.0. The highest BCUT2D eigenvalue weighted by Gasteiger charge is 2.30. The van der Waals surface area contributed by atoms with Crippen molar-refractivity contribution in [2.45, 2.75) is 27.7 Å². The van der Waals surface area contributed by atoms with Crippen molar-refractivity contribution < 1.29 is 47.4 Å². The first-order valence-electron chi connectivity index (χ1n) is 41.9. The van der Waals surface area contributed by atoms with Gasteiger partial charge in [-0.1, -0.05) is 332 Å². The molecule has 0 saturated carbocycles. The van der Waals surface area contributed by atoms with Gasteiger partial charge in [0.05, 0.1) is 98.9 Å². The van der Waals surface area contributed by atoms with Crippen LogP contribution >= 0.6 is 0 Å². The molecule has 0 amide bonds. The second-order valence-electron chi connectivity index (χ2n) is 30.4. The Bertz CT molecular complexity index is 6210. The largest absolute Gasteiger partial charge is 0.496 e. The van der Waals surface area contributed by atoms with E-state index in [1.54, 1.807) is 71.1 Å². The zero-order valence-corrected chi connectivity index (χ0v) is 73.9. The van der Waals surface area contributed by atoms with Gasteiger partial charge in [0.25, 0.3) is 0 Å². The number of ether oxygens (including phenoxy) is 10. The summed E-state index contributed by atoms with van der Waals surface area (Å²) >= 11 is 0. The molecule has 0 unspecified atom stereocenters. The van der Waals surface area contributed by atoms with E-state index in [0.29, 0.717) is 34.5 Å². The van der Waals surface area contributed by atoms with Crippen LogP contribution in [0.15, 0.2) is 376 Å². The van der Waals surface area contributed by atoms with Gasteiger partial charge in [-0.25, -0.2) is 0 Å². The minimum Gasteiger partial charge on any atom is -0.496 e. The van der Waals surface area contributed by atoms with Crippen molar-refractivity contribution in [1.82, 2.24) is 0 Å². The Hall–Kier alpha value is -15.3. The van der Waals surface area contributed by atoms with Gasteiger partial charge in [-0.2, -0.15) is 0 Å². The summed E-state index contributed by atoms with van der Waals surface area (Å²) < 4.78 is 58.1. The summed E-state index contributed by atoms with van der Waals surface area (Å²) in [6.45, 7) is 8.45. The van der Waals surface area contributed by atoms with E-state index in [0.717, 1.165) is 112 Å². The van der Waals surface area contributed by atoms with Crippen LogP contribution in [-0.4, -0.2) is 71.1 Å². The van der Waals surface area contributed by atoms with Gasteiger partial charge in [0.1, 0.15) is 57.5 Å². The van der Waals surface area contributed by atoms with Crippen molar-refractivity contribution in [3.63, 3.8) is 0 Å². The van der Waals surface area contributed by atoms with Crippen molar-refractivity contribution in [1.29, 1.82) is 0 Å². The number of hydrogen-bond donors (Lipinski definition) is 0. The lowest BCUT2D eigenvalue weighted by molar-refractivity contribution is 0.377. The summed E-state index contributed by atoms with van der Waals surface area (Å²) in [5, 5.41) is 0. The second-order valence-corrected chi connectivity index (χ2v) is 30.4. The zero-order valence-electron chi connectivity index (χ0n) is 73.9. The molecule has 10 heteroatoms. The maximum absolute atomic E-state index is 6.04. The van der Waals surface area contributed by atoms with E-state index in [9.17, 15) is 0 Å². The molecule has 0 saturated heterocycles. The van der Waals surface area contributed by atoms with E-state index < -0.39 is 0 Å². The molecule has 0 aliphatic heterocycles. The molecule has 0 atom stereocenters. The van der Waals surface area contributed by atoms with Gasteiger partial charge in [0.2, 0.25) is 0 Å². The summed E-state index contributed by atoms with van der Waals surface area (Å²) in [5.41, 5.74) is 33.1. The average Bonchev–Trinajstić information content (AvgIpc) is 0.949. The van der Waals surface area contributed by atoms with Crippen LogP contribution in [0.2, 0.25) is 0 Å². The minimum atomic E-state index is 0.636. The summed E-state index contributed by atoms with van der Waals surface area (Å²) in [6.07, 6.45) is 0. The van der Waals surface area contributed by atoms with Crippen LogP contribution in [0.1, 0.15) is 22.3 Å². The van der Waals surface area contributed by atoms with Gasteiger partial charge in [-0.05, 0) is 176 Å². The van der Waals surface area contributed by atoms with Crippen LogP contribution in [0.4, 0.5) is 0 Å². The topological polar surface area (TPSA) is 92.3 Å². The molecule has 628 valence electrons. The predicted octanol–water partition coefficient (Wildman–Crippen LogP) is 29.7. The summed E-state index contributed by atoms with van der Waals surface area (Å²) in [7, 11) is 16.6. The minimum absolute atomic E-state index is 0.636. The normalized spacial score (nSPS) is 10.6. The fourth-order valence-corrected chi connectivity index (χ4v) is 16.3. The highest BCUT2D eigenvalue weighted by Crippen LogP contribution is 2.57. The number of benzene rings is 17. The fraction of sp³-hybridized carbons (Fsp3) is 0.121. The third-order valence-electron chi connectivity index (χ3n) is 22.2. The Labute approximate surface area is 742 Å². The smallest absolute Gasteiger partial charge is 0.142 e. The first-order valence-corrected chi connectivity index (χ1v) is 41.9. The summed E-state index contributed by atoms with van der Waals surface area (Å²) in [6, 6.07) is 130. The molecule has 17 aromatic rings. The Morgan fingerprint density at radius 3 is 0.627 bits per heavy atom. The van der Waals surface area contributed by atoms with Crippen molar-refractivity contribution >= 4 is 0 Å². The maximum Gasteiger partial charge on any atom is 0.142 e. The SMILES string of the molecule is COc1c(-c2ccccc2)c(OC)c(-c2cccc(C)c2)c(OC)c1-c1ccccc1.COc1c(-c2ccccc2)cc(-c2cccc(C)c2)cc1-c1ccccc1.COc1cc(OC)c(-c2cc(-c3cccc(C)c3)cc(-c3c(OC)cc(OC)cc3OC)c2)c(OC)c1.Cc1cccc(-c2cc(-c3ccccc3)c(-c3ccccc3)c(-c3ccccc3)c2)c1. The van der Waals surface area contributed by atoms with Gasteiger partial charge in [-0.15, -0.1) is 0 Å². The van der Waals surface area contributed by atoms with Crippen LogP contribution in [0, 0.1) is 27.7 Å². The maximum atomic E-state index is 6.04. The Balaban J connectivity index is 0.000000137. The van der Waals surface area contributed by atoms with E-state index in [1.165, 1.54) is 77.9 Å². The number of methoxy groups -OCH3 is 10. The standard InChI is InChI=1S/C31H32O6.C31H24.C28H26O3.C26H22O/c1-19-9-8-10-20(11-19)21-12-22(30-26(34-4)15-24(32-2)16-27(30)35-5)14-23(13-21)31-28(36-6)17-25(33-3)18-29(31)37-7;1-23-12-11-19-27(20-23)28-21-29(24-13-5-2-6-14-24)31(26-17-9-4-10-18-26)30(22-28)25-15-7-3-8-16-25;1-19-12-11-17-22(18-19)25-27(30-3)23(20-13-7-5-8-14-20)26(29-2)24(28(25)31-4)21-15-9-6-10-16-21;1-19-10-9-15-22(16-19)23-17-24(20-11-5-3-6-12-20)26(27-2)25(18-23)21-13-7-4-8-14-21/h8-18H,1-7H3;2-22H,1H3;5-18H,1-4H3;3-18H,1-2H3. The first-order chi connectivity index (χ1) is 61.7. The van der Waals surface area contributed by atoms with Crippen molar-refractivity contribution in [3.05, 3.63) is 398 Å². The molecule has 0 heterocycles. The van der Waals surface area contributed by atoms with Crippen LogP contribution in [0.3, 0.4) is 0 Å². The summed E-state index contributed by atoms with van der Waals surface area (Å²) in [5.74, 6) is 6.92. The molecule has 17 rings (SSSR count). The predicted molar refractivity (Wildman–Crippen MR) is 521 cm³/mol. The molecule has 0 N–H and O–H groups in total. The lowest BCUT2D eigenvalue weighted by Gasteiger charge is -2.25. The molecule has 17 aromatic carbocycles. The third-order valence-corrected chi connectivity index (χ3v) is 22.2. The van der Waals surface area contributed by atoms with E-state index in [-0.39, 0.29) is 0 Å². The molecule has 0 aliphatic carbocycles. The lowest BCUT2D eigenvalue weighted by Crippen LogP contribution is -2.02. The van der Waals surface area contributed by atoms with E-state index >= 15 is 0 Å². The van der Waals surface area contributed by atoms with E-state index in [4.69, 9.17) is 47.4 Å². The summed E-state index contributed by atoms with van der Waals surface area (Å²) in [4.78, 5) is 0. The highest BCUT2D eigenvalue weighted by molar-refractivity contribution is 6.01. The molecule has 0 spiro atoms. The number of aryl methyl sites for hydroxylation is 4. The second kappa shape index (κ2) is 41.5. The Morgan fingerprint density at radius 2 is 0.357 bits per heavy atom. The van der Waals surface area contributed by atoms with Gasteiger partial charge in [-0.3, -0.25) is 0 Å². The van der Waals surface area contributed by atoms with Crippen molar-refractivity contribution in [2.24, 2.45) is 0 Å². The molecule has 0 bridgehead atoms. The van der Waals surface area contributed by atoms with Gasteiger partial charge < -0.3 is 47.4 Å². The van der Waals surface area contributed by atoms with Crippen molar-refractivity contribution in [2.75, 3.05) is 71.1 Å². The van der Waals surface area contributed by atoms with Crippen LogP contribution in [0.25, 0.3) is 145 Å². The number of hydrogen-bond acceptors (Lipinski definition) is 10. The van der Waals surface area contributed by atoms with Crippen molar-refractivity contribution in [3.8, 4) is 202 Å². The van der Waals surface area contributed by atoms with Crippen LogP contribution in [-0.2, 0) is 0 Å². The Kier molecular flexibility index (Phi) is 28.7. The van der Waals surface area contributed by atoms with Crippen LogP contribution in [0.5, 0.6) is 57.5 Å². The Morgan fingerprint density at radius 1 is 0.135 bits per heavy atom. The van der Waals surface area contributed by atoms with Gasteiger partial charge in [0, 0.05) is 35.4 Å². The van der Waals surface area contributed by atoms with Crippen LogP contribution < -0.4 is 47.4 Å². The molecule has 0 radical (unpaired) electrons. The average molecular weight is 1660 g/mol. The number of rotatable bonds is 23. The van der Waals surface area contributed by atoms with E-state index in [1.807, 2.05) is 72.8 Å². The van der Waals surface area contributed by atoms with Gasteiger partial charge in [0.15, 0.2) is 0 Å². The monoisotopic (exact) mass is 1660 g/mol. The molecular formula is C116H104O10. The highest BCUT2D eigenvalue weighted by atomic mass is 16.5. The first kappa shape index (κ1) is 87.1. The van der Waals surface area contributed by atoms with E-state index in [2.05, 4.69) is 331 Å². The quantitative estimate of drug-likeness (QED) is 0.0616.